The number of hydrogen-bond acceptors (Lipinski definition) is 35. The average molecular weight is 1220 g/mol. The third-order valence-electron chi connectivity index (χ3n) is 15.3. The summed E-state index contributed by atoms with van der Waals surface area (Å²) in [4.78, 5) is 26.0. The van der Waals surface area contributed by atoms with Crippen LogP contribution in [-0.4, -0.2) is 368 Å². The molecule has 0 aliphatic carbocycles. The van der Waals surface area contributed by atoms with Crippen molar-refractivity contribution in [3.63, 3.8) is 0 Å². The number of ether oxygens (including phenoxy) is 13. The number of nitrogens with one attached hydrogen (secondary N) is 2. The first kappa shape index (κ1) is 68.1. The standard InChI is InChI=1S/C46H78N2O35/c1-10-21(57)25(61)30(66)43(71-10)82-38-20(48-12(3)56)42(76-18(9-54)36(38)80-44-31(67)26(62)22(58)13(4-49)74-44)83-39-24(60)15(6-51)75-46(33(39)69)81-37-19(47-11(2)55)41(73-14(5-50)23(37)59)78-35-17(8-53)77-45(32(68)28(35)64)79-34-16(7-52)72-40(70)29(65)27(34)63/h10,13-46,49-54,57-70H,4-9H2,1-3H3,(H,47,55)(H,48,56)/t10-,13+,14+,15+,16+,17+,18+,19+,20+,21+,22-,23-,24-,25+,26-,27+,28+,29+,30-,31+,32+,33+,34+,35-,36+,37+,38+,39-,40+,41-,42-,43-,44-,45-,46-/m0/s1. The highest BCUT2D eigenvalue weighted by molar-refractivity contribution is 5.73. The van der Waals surface area contributed by atoms with Gasteiger partial charge in [0.25, 0.3) is 0 Å². The Hall–Kier alpha value is -2.38. The van der Waals surface area contributed by atoms with Gasteiger partial charge in [-0.15, -0.1) is 0 Å². The lowest BCUT2D eigenvalue weighted by Gasteiger charge is -2.52. The second-order valence-electron chi connectivity index (χ2n) is 21.0. The summed E-state index contributed by atoms with van der Waals surface area (Å²) in [6.07, 6.45) is -63.8. The third kappa shape index (κ3) is 14.5. The molecular weight excluding hydrogens is 1140 g/mol. The van der Waals surface area contributed by atoms with Crippen molar-refractivity contribution in [1.29, 1.82) is 0 Å². The molecule has 83 heavy (non-hydrogen) atoms. The van der Waals surface area contributed by atoms with Crippen LogP contribution in [-0.2, 0) is 71.2 Å². The van der Waals surface area contributed by atoms with Crippen LogP contribution in [0, 0.1) is 0 Å². The maximum absolute atomic E-state index is 13.1. The molecule has 0 aromatic carbocycles. The first-order valence-corrected chi connectivity index (χ1v) is 26.5. The average Bonchev–Trinajstić information content (AvgIpc) is 3.60. The highest BCUT2D eigenvalue weighted by Gasteiger charge is 2.60. The number of aliphatic hydroxyl groups is 20. The minimum atomic E-state index is -2.34. The van der Waals surface area contributed by atoms with Crippen LogP contribution in [0.5, 0.6) is 0 Å². The Labute approximate surface area is 470 Å². The molecule has 7 heterocycles. The molecule has 22 N–H and O–H groups in total. The first-order valence-electron chi connectivity index (χ1n) is 26.5. The van der Waals surface area contributed by atoms with E-state index in [0.717, 1.165) is 13.8 Å². The summed E-state index contributed by atoms with van der Waals surface area (Å²) in [6, 6.07) is -3.70. The maximum Gasteiger partial charge on any atom is 0.217 e. The zero-order valence-corrected chi connectivity index (χ0v) is 44.5. The van der Waals surface area contributed by atoms with Crippen LogP contribution in [0.15, 0.2) is 0 Å². The molecule has 7 aliphatic rings. The molecule has 0 bridgehead atoms. The van der Waals surface area contributed by atoms with Gasteiger partial charge in [-0.05, 0) is 6.92 Å². The second kappa shape index (κ2) is 29.3. The quantitative estimate of drug-likeness (QED) is 0.0538. The fourth-order valence-corrected chi connectivity index (χ4v) is 10.7. The Morgan fingerprint density at radius 1 is 0.313 bits per heavy atom. The van der Waals surface area contributed by atoms with Crippen LogP contribution in [0.4, 0.5) is 0 Å². The Balaban J connectivity index is 1.17. The Kier molecular flexibility index (Phi) is 24.0. The minimum Gasteiger partial charge on any atom is -0.394 e. The molecule has 7 aliphatic heterocycles. The third-order valence-corrected chi connectivity index (χ3v) is 15.3. The van der Waals surface area contributed by atoms with E-state index in [1.54, 1.807) is 0 Å². The summed E-state index contributed by atoms with van der Waals surface area (Å²) in [5.41, 5.74) is 0. The van der Waals surface area contributed by atoms with Gasteiger partial charge in [0, 0.05) is 13.8 Å². The summed E-state index contributed by atoms with van der Waals surface area (Å²) in [6.45, 7) is -2.90. The lowest BCUT2D eigenvalue weighted by molar-refractivity contribution is -0.392. The van der Waals surface area contributed by atoms with Crippen molar-refractivity contribution >= 4 is 11.8 Å². The van der Waals surface area contributed by atoms with Crippen molar-refractivity contribution in [2.75, 3.05) is 39.6 Å². The molecule has 7 rings (SSSR count). The monoisotopic (exact) mass is 1220 g/mol. The fraction of sp³-hybridized carbons (Fsp3) is 0.957. The molecule has 0 aromatic rings. The Morgan fingerprint density at radius 2 is 0.639 bits per heavy atom. The topological polar surface area (TPSA) is 583 Å². The van der Waals surface area contributed by atoms with Crippen molar-refractivity contribution in [1.82, 2.24) is 10.6 Å². The van der Waals surface area contributed by atoms with E-state index in [-0.39, 0.29) is 0 Å². The largest absolute Gasteiger partial charge is 0.394 e. The summed E-state index contributed by atoms with van der Waals surface area (Å²) in [5.74, 6) is -1.81. The Morgan fingerprint density at radius 3 is 1.16 bits per heavy atom. The molecule has 2 amide bonds. The van der Waals surface area contributed by atoms with Crippen LogP contribution in [0.3, 0.4) is 0 Å². The van der Waals surface area contributed by atoms with E-state index in [2.05, 4.69) is 10.6 Å². The molecular formula is C46H78N2O35. The van der Waals surface area contributed by atoms with Gasteiger partial charge >= 0.3 is 0 Å². The van der Waals surface area contributed by atoms with Gasteiger partial charge in [0.2, 0.25) is 11.8 Å². The predicted molar refractivity (Wildman–Crippen MR) is 254 cm³/mol. The van der Waals surface area contributed by atoms with Crippen molar-refractivity contribution < 1.29 is 173 Å². The summed E-state index contributed by atoms with van der Waals surface area (Å²) < 4.78 is 75.6. The van der Waals surface area contributed by atoms with Crippen LogP contribution < -0.4 is 10.6 Å². The molecule has 0 unspecified atom stereocenters. The zero-order valence-electron chi connectivity index (χ0n) is 44.5. The number of hydrogen-bond donors (Lipinski definition) is 22. The van der Waals surface area contributed by atoms with E-state index >= 15 is 0 Å². The molecule has 37 nitrogen and oxygen atoms in total. The van der Waals surface area contributed by atoms with Gasteiger partial charge in [0.05, 0.1) is 45.7 Å². The van der Waals surface area contributed by atoms with E-state index in [4.69, 9.17) is 61.6 Å². The number of amides is 2. The van der Waals surface area contributed by atoms with E-state index < -0.39 is 266 Å². The number of rotatable bonds is 20. The van der Waals surface area contributed by atoms with Crippen molar-refractivity contribution in [3.8, 4) is 0 Å². The van der Waals surface area contributed by atoms with E-state index in [9.17, 15) is 112 Å². The van der Waals surface area contributed by atoms with E-state index in [1.165, 1.54) is 6.92 Å². The molecule has 7 saturated heterocycles. The van der Waals surface area contributed by atoms with Gasteiger partial charge in [0.1, 0.15) is 165 Å². The molecule has 482 valence electrons. The minimum absolute atomic E-state index is 0.897. The second-order valence-corrected chi connectivity index (χ2v) is 21.0. The van der Waals surface area contributed by atoms with Gasteiger partial charge in [-0.2, -0.15) is 0 Å². The van der Waals surface area contributed by atoms with Crippen LogP contribution in [0.25, 0.3) is 0 Å². The maximum atomic E-state index is 13.1. The molecule has 0 radical (unpaired) electrons. The smallest absolute Gasteiger partial charge is 0.217 e. The van der Waals surface area contributed by atoms with Gasteiger partial charge in [0.15, 0.2) is 44.0 Å². The summed E-state index contributed by atoms with van der Waals surface area (Å²) in [7, 11) is 0. The van der Waals surface area contributed by atoms with Crippen LogP contribution in [0.2, 0.25) is 0 Å². The lowest BCUT2D eigenvalue weighted by atomic mass is 9.93. The van der Waals surface area contributed by atoms with Gasteiger partial charge in [-0.1, -0.05) is 0 Å². The van der Waals surface area contributed by atoms with Gasteiger partial charge in [-0.3, -0.25) is 9.59 Å². The normalized spacial score (nSPS) is 50.8. The predicted octanol–water partition coefficient (Wildman–Crippen LogP) is -15.0. The van der Waals surface area contributed by atoms with E-state index in [1.807, 2.05) is 0 Å². The number of aliphatic hydroxyl groups excluding tert-OH is 20. The molecule has 35 atom stereocenters. The van der Waals surface area contributed by atoms with Gasteiger partial charge in [-0.25, -0.2) is 0 Å². The Bertz CT molecular complexity index is 2040. The van der Waals surface area contributed by atoms with Crippen LogP contribution >= 0.6 is 0 Å². The highest BCUT2D eigenvalue weighted by atomic mass is 16.8. The van der Waals surface area contributed by atoms with Crippen LogP contribution in [0.1, 0.15) is 20.8 Å². The van der Waals surface area contributed by atoms with Gasteiger partial charge < -0.3 is 174 Å². The first-order chi connectivity index (χ1) is 39.2. The van der Waals surface area contributed by atoms with Crippen molar-refractivity contribution in [2.45, 2.75) is 236 Å². The molecule has 0 aromatic heterocycles. The highest BCUT2D eigenvalue weighted by Crippen LogP contribution is 2.39. The zero-order chi connectivity index (χ0) is 61.2. The molecule has 7 fully saturated rings. The fourth-order valence-electron chi connectivity index (χ4n) is 10.7. The molecule has 37 heteroatoms. The molecule has 0 spiro atoms. The number of carbonyl (C=O) groups is 2. The summed E-state index contributed by atoms with van der Waals surface area (Å²) >= 11 is 0. The lowest BCUT2D eigenvalue weighted by Crippen LogP contribution is -2.71. The van der Waals surface area contributed by atoms with Crippen molar-refractivity contribution in [3.05, 3.63) is 0 Å². The number of carbonyl (C=O) groups excluding carboxylic acids is 2. The van der Waals surface area contributed by atoms with Crippen molar-refractivity contribution in [2.24, 2.45) is 0 Å². The molecule has 0 saturated carbocycles. The summed E-state index contributed by atoms with van der Waals surface area (Å²) in [5, 5.41) is 220. The SMILES string of the molecule is CC(=O)N[C@H]1[C@H](O[C@H]2[C@@H](O)[C@@H](CO)O[C@@H](O[C@H]3[C@@H](O)[C@@H](CO)O[C@@H](O[C@@H]4[C@H](O)[C@@H](O)[C@H](O[C@H]5[C@H](O)[C@@H](O)[C@H](O)O[C@@H]5CO)O[C@@H]4CO)[C@@H]3NC(C)=O)[C@@H]2O)O[C@H](CO)[C@@H](O[C@@H]2O[C@H](CO)[C@H](O)[C@H](O)[C@H]2O)[C@@H]1O[C@@H]1O[C@@H](C)[C@@H](O)[C@@H](O)[C@@H]1O. The van der Waals surface area contributed by atoms with E-state index in [0.29, 0.717) is 0 Å².